The predicted molar refractivity (Wildman–Crippen MR) is 84.9 cm³/mol. The molecule has 0 spiro atoms. The van der Waals surface area contributed by atoms with Gasteiger partial charge in [0.15, 0.2) is 5.16 Å². The normalized spacial score (nSPS) is 14.2. The van der Waals surface area contributed by atoms with Crippen molar-refractivity contribution in [2.45, 2.75) is 5.16 Å². The maximum absolute atomic E-state index is 12.0. The molecule has 3 rings (SSSR count). The second kappa shape index (κ2) is 6.18. The number of anilines is 1. The number of fused-ring (bicyclic) bond motifs is 1. The summed E-state index contributed by atoms with van der Waals surface area (Å²) in [4.78, 5) is 33.5. The minimum Gasteiger partial charge on any atom is -0.372 e. The van der Waals surface area contributed by atoms with Crippen molar-refractivity contribution in [3.8, 4) is 0 Å². The van der Waals surface area contributed by atoms with Crippen LogP contribution in [0.3, 0.4) is 0 Å². The first-order chi connectivity index (χ1) is 10.7. The number of para-hydroxylation sites is 1. The highest BCUT2D eigenvalue weighted by molar-refractivity contribution is 7.99. The average molecular weight is 317 g/mol. The number of carbonyl (C=O) groups excluding carboxylic acids is 2. The van der Waals surface area contributed by atoms with Gasteiger partial charge < -0.3 is 10.6 Å². The fourth-order valence-corrected chi connectivity index (χ4v) is 2.95. The third-order valence-corrected chi connectivity index (χ3v) is 4.13. The molecule has 7 nitrogen and oxygen atoms in total. The van der Waals surface area contributed by atoms with Gasteiger partial charge in [-0.1, -0.05) is 23.9 Å². The maximum atomic E-state index is 12.0. The molecule has 1 aliphatic rings. The van der Waals surface area contributed by atoms with Crippen LogP contribution in [0.25, 0.3) is 10.9 Å². The molecule has 0 atom stereocenters. The fourth-order valence-electron chi connectivity index (χ4n) is 2.22. The smallest absolute Gasteiger partial charge is 0.324 e. The van der Waals surface area contributed by atoms with E-state index < -0.39 is 0 Å². The van der Waals surface area contributed by atoms with Crippen LogP contribution in [0.2, 0.25) is 0 Å². The molecule has 3 amide bonds. The minimum absolute atomic E-state index is 0.134. The standard InChI is InChI=1S/C14H15N5O2S/c1-15-12-9-4-2-3-5-10(9)17-13(18-12)22-8-11(20)19-7-6-16-14(19)21/h2-5H,6-8H2,1H3,(H,16,21)(H,15,17,18). The van der Waals surface area contributed by atoms with Gasteiger partial charge in [-0.15, -0.1) is 0 Å². The van der Waals surface area contributed by atoms with Crippen molar-refractivity contribution >= 4 is 40.4 Å². The molecule has 8 heteroatoms. The van der Waals surface area contributed by atoms with Gasteiger partial charge in [-0.05, 0) is 12.1 Å². The van der Waals surface area contributed by atoms with Crippen LogP contribution in [-0.2, 0) is 4.79 Å². The SMILES string of the molecule is CNc1nc(SCC(=O)N2CCNC2=O)nc2ccccc12. The van der Waals surface area contributed by atoms with Crippen LogP contribution in [0.4, 0.5) is 10.6 Å². The van der Waals surface area contributed by atoms with Gasteiger partial charge in [-0.3, -0.25) is 9.69 Å². The molecule has 1 aliphatic heterocycles. The number of nitrogens with one attached hydrogen (secondary N) is 2. The Morgan fingerprint density at radius 3 is 2.95 bits per heavy atom. The Morgan fingerprint density at radius 2 is 2.23 bits per heavy atom. The van der Waals surface area contributed by atoms with E-state index in [0.717, 1.165) is 16.7 Å². The number of nitrogens with zero attached hydrogens (tertiary/aromatic N) is 3. The highest BCUT2D eigenvalue weighted by Crippen LogP contribution is 2.24. The highest BCUT2D eigenvalue weighted by Gasteiger charge is 2.26. The summed E-state index contributed by atoms with van der Waals surface area (Å²) in [5.41, 5.74) is 0.815. The minimum atomic E-state index is -0.332. The third kappa shape index (κ3) is 2.82. The van der Waals surface area contributed by atoms with Crippen molar-refractivity contribution < 1.29 is 9.59 Å². The van der Waals surface area contributed by atoms with Gasteiger partial charge >= 0.3 is 6.03 Å². The van der Waals surface area contributed by atoms with Crippen molar-refractivity contribution in [1.82, 2.24) is 20.2 Å². The molecule has 0 bridgehead atoms. The zero-order valence-corrected chi connectivity index (χ0v) is 12.8. The van der Waals surface area contributed by atoms with Gasteiger partial charge in [0.05, 0.1) is 11.3 Å². The number of amides is 3. The van der Waals surface area contributed by atoms with E-state index in [4.69, 9.17) is 0 Å². The summed E-state index contributed by atoms with van der Waals surface area (Å²) in [5.74, 6) is 0.622. The molecule has 0 radical (unpaired) electrons. The molecule has 1 fully saturated rings. The van der Waals surface area contributed by atoms with Crippen LogP contribution in [0, 0.1) is 0 Å². The molecule has 0 saturated carbocycles. The van der Waals surface area contributed by atoms with Gasteiger partial charge in [0.25, 0.3) is 0 Å². The topological polar surface area (TPSA) is 87.2 Å². The van der Waals surface area contributed by atoms with E-state index in [-0.39, 0.29) is 17.7 Å². The molecule has 0 unspecified atom stereocenters. The van der Waals surface area contributed by atoms with Gasteiger partial charge in [0.1, 0.15) is 5.82 Å². The number of hydrogen-bond acceptors (Lipinski definition) is 6. The Hall–Kier alpha value is -2.35. The summed E-state index contributed by atoms with van der Waals surface area (Å²) in [6, 6.07) is 7.34. The highest BCUT2D eigenvalue weighted by atomic mass is 32.2. The van der Waals surface area contributed by atoms with Gasteiger partial charge in [0.2, 0.25) is 5.91 Å². The molecule has 1 aromatic carbocycles. The summed E-state index contributed by atoms with van der Waals surface area (Å²) in [6.07, 6.45) is 0. The lowest BCUT2D eigenvalue weighted by Crippen LogP contribution is -2.35. The first-order valence-corrected chi connectivity index (χ1v) is 7.83. The van der Waals surface area contributed by atoms with E-state index in [1.165, 1.54) is 16.7 Å². The van der Waals surface area contributed by atoms with E-state index in [9.17, 15) is 9.59 Å². The summed E-state index contributed by atoms with van der Waals surface area (Å²) in [6.45, 7) is 0.921. The summed E-state index contributed by atoms with van der Waals surface area (Å²) < 4.78 is 0. The second-order valence-corrected chi connectivity index (χ2v) is 5.63. The lowest BCUT2D eigenvalue weighted by Gasteiger charge is -2.12. The molecule has 1 aromatic heterocycles. The Kier molecular flexibility index (Phi) is 4.10. The van der Waals surface area contributed by atoms with Crippen LogP contribution in [0.15, 0.2) is 29.4 Å². The molecule has 0 aliphatic carbocycles. The monoisotopic (exact) mass is 317 g/mol. The maximum Gasteiger partial charge on any atom is 0.324 e. The van der Waals surface area contributed by atoms with Crippen LogP contribution in [-0.4, -0.2) is 52.7 Å². The number of benzene rings is 1. The van der Waals surface area contributed by atoms with Gasteiger partial charge in [-0.25, -0.2) is 14.8 Å². The Balaban J connectivity index is 1.76. The molecule has 1 saturated heterocycles. The number of thioether (sulfide) groups is 1. The number of hydrogen-bond donors (Lipinski definition) is 2. The van der Waals surface area contributed by atoms with Crippen molar-refractivity contribution in [3.63, 3.8) is 0 Å². The number of imide groups is 1. The molecule has 114 valence electrons. The van der Waals surface area contributed by atoms with E-state index in [0.29, 0.717) is 18.2 Å². The molecule has 2 N–H and O–H groups in total. The Morgan fingerprint density at radius 1 is 1.41 bits per heavy atom. The van der Waals surface area contributed by atoms with E-state index >= 15 is 0 Å². The predicted octanol–water partition coefficient (Wildman–Crippen LogP) is 1.32. The second-order valence-electron chi connectivity index (χ2n) is 4.69. The third-order valence-electron chi connectivity index (χ3n) is 3.30. The zero-order valence-electron chi connectivity index (χ0n) is 12.0. The summed E-state index contributed by atoms with van der Waals surface area (Å²) >= 11 is 1.23. The number of rotatable bonds is 4. The number of urea groups is 1. The van der Waals surface area contributed by atoms with Crippen molar-refractivity contribution in [3.05, 3.63) is 24.3 Å². The Bertz CT molecular complexity index is 736. The number of aromatic nitrogens is 2. The first kappa shape index (κ1) is 14.6. The van der Waals surface area contributed by atoms with Crippen LogP contribution < -0.4 is 10.6 Å². The Labute approximate surface area is 131 Å². The fraction of sp³-hybridized carbons (Fsp3) is 0.286. The molecule has 22 heavy (non-hydrogen) atoms. The van der Waals surface area contributed by atoms with Crippen LogP contribution in [0.5, 0.6) is 0 Å². The molecular weight excluding hydrogens is 302 g/mol. The van der Waals surface area contributed by atoms with Crippen molar-refractivity contribution in [1.29, 1.82) is 0 Å². The van der Waals surface area contributed by atoms with Crippen LogP contribution >= 0.6 is 11.8 Å². The number of carbonyl (C=O) groups is 2. The largest absolute Gasteiger partial charge is 0.372 e. The van der Waals surface area contributed by atoms with Gasteiger partial charge in [-0.2, -0.15) is 0 Å². The average Bonchev–Trinajstić information content (AvgIpc) is 2.98. The molecule has 2 heterocycles. The van der Waals surface area contributed by atoms with Crippen LogP contribution in [0.1, 0.15) is 0 Å². The van der Waals surface area contributed by atoms with E-state index in [2.05, 4.69) is 20.6 Å². The quantitative estimate of drug-likeness (QED) is 0.653. The lowest BCUT2D eigenvalue weighted by atomic mass is 10.2. The van der Waals surface area contributed by atoms with Crippen molar-refractivity contribution in [2.75, 3.05) is 31.2 Å². The lowest BCUT2D eigenvalue weighted by molar-refractivity contribution is -0.124. The summed E-state index contributed by atoms with van der Waals surface area (Å²) in [7, 11) is 1.79. The van der Waals surface area contributed by atoms with Crippen molar-refractivity contribution in [2.24, 2.45) is 0 Å². The first-order valence-electron chi connectivity index (χ1n) is 6.84. The van der Waals surface area contributed by atoms with E-state index in [1.807, 2.05) is 24.3 Å². The van der Waals surface area contributed by atoms with Gasteiger partial charge in [0, 0.05) is 25.5 Å². The molecule has 2 aromatic rings. The van der Waals surface area contributed by atoms with E-state index in [1.54, 1.807) is 7.05 Å². The molecular formula is C14H15N5O2S. The zero-order chi connectivity index (χ0) is 15.5. The summed E-state index contributed by atoms with van der Waals surface area (Å²) in [5, 5.41) is 7.08.